The second-order valence-electron chi connectivity index (χ2n) is 2.91. The van der Waals surface area contributed by atoms with Crippen molar-refractivity contribution >= 4 is 33.4 Å². The summed E-state index contributed by atoms with van der Waals surface area (Å²) < 4.78 is 14.5. The van der Waals surface area contributed by atoms with Gasteiger partial charge in [0, 0.05) is 26.7 Å². The smallest absolute Gasteiger partial charge is 0.135 e. The van der Waals surface area contributed by atoms with Gasteiger partial charge in [-0.2, -0.15) is 0 Å². The number of nitrogens with zero attached hydrogens (tertiary/aromatic N) is 1. The number of rotatable bonds is 0. The molecular formula is C10H7FIN. The molecule has 0 spiro atoms. The average Bonchev–Trinajstić information content (AvgIpc) is 2.12. The fraction of sp³-hybridized carbons (Fsp3) is 0.100. The Morgan fingerprint density at radius 2 is 2.00 bits per heavy atom. The molecule has 0 aliphatic heterocycles. The average molecular weight is 287 g/mol. The highest BCUT2D eigenvalue weighted by Gasteiger charge is 2.05. The molecule has 0 unspecified atom stereocenters. The minimum absolute atomic E-state index is 0.163. The molecule has 1 nitrogen and oxygen atoms in total. The van der Waals surface area contributed by atoms with Gasteiger partial charge >= 0.3 is 0 Å². The van der Waals surface area contributed by atoms with Crippen molar-refractivity contribution in [3.63, 3.8) is 0 Å². The van der Waals surface area contributed by atoms with Crippen LogP contribution in [0.1, 0.15) is 5.56 Å². The topological polar surface area (TPSA) is 12.9 Å². The van der Waals surface area contributed by atoms with Crippen molar-refractivity contribution in [1.82, 2.24) is 4.98 Å². The molecule has 0 aliphatic carbocycles. The second-order valence-corrected chi connectivity index (χ2v) is 4.08. The van der Waals surface area contributed by atoms with Crippen molar-refractivity contribution < 1.29 is 4.39 Å². The predicted molar refractivity (Wildman–Crippen MR) is 59.2 cm³/mol. The zero-order valence-electron chi connectivity index (χ0n) is 7.01. The van der Waals surface area contributed by atoms with Crippen molar-refractivity contribution in [2.75, 3.05) is 0 Å². The molecule has 0 radical (unpaired) electrons. The molecule has 1 aromatic carbocycles. The van der Waals surface area contributed by atoms with Gasteiger partial charge in [0.2, 0.25) is 0 Å². The first-order valence-electron chi connectivity index (χ1n) is 3.88. The molecule has 0 aliphatic rings. The van der Waals surface area contributed by atoms with Crippen molar-refractivity contribution in [1.29, 1.82) is 0 Å². The zero-order valence-corrected chi connectivity index (χ0v) is 9.17. The summed E-state index contributed by atoms with van der Waals surface area (Å²) in [5, 5.41) is 1.53. The van der Waals surface area contributed by atoms with Crippen LogP contribution in [0.4, 0.5) is 4.39 Å². The third kappa shape index (κ3) is 1.41. The third-order valence-electron chi connectivity index (χ3n) is 2.02. The molecule has 1 aromatic heterocycles. The van der Waals surface area contributed by atoms with Crippen LogP contribution in [0.3, 0.4) is 0 Å². The number of aromatic nitrogens is 1. The van der Waals surface area contributed by atoms with Crippen molar-refractivity contribution in [3.8, 4) is 0 Å². The molecule has 0 amide bonds. The SMILES string of the molecule is Cc1ccc2c(I)cncc2c1F. The largest absolute Gasteiger partial charge is 0.263 e. The Labute approximate surface area is 89.1 Å². The molecule has 13 heavy (non-hydrogen) atoms. The van der Waals surface area contributed by atoms with Gasteiger partial charge in [-0.25, -0.2) is 4.39 Å². The monoisotopic (exact) mass is 287 g/mol. The number of hydrogen-bond acceptors (Lipinski definition) is 1. The lowest BCUT2D eigenvalue weighted by Gasteiger charge is -2.02. The summed E-state index contributed by atoms with van der Waals surface area (Å²) in [4.78, 5) is 3.97. The maximum absolute atomic E-state index is 13.5. The van der Waals surface area contributed by atoms with Gasteiger partial charge in [0.25, 0.3) is 0 Å². The lowest BCUT2D eigenvalue weighted by Crippen LogP contribution is -1.88. The number of benzene rings is 1. The standard InChI is InChI=1S/C10H7FIN/c1-6-2-3-7-8(10(6)11)4-13-5-9(7)12/h2-5H,1H3. The van der Waals surface area contributed by atoms with Crippen LogP contribution < -0.4 is 0 Å². The molecule has 0 atom stereocenters. The van der Waals surface area contributed by atoms with E-state index in [4.69, 9.17) is 0 Å². The van der Waals surface area contributed by atoms with E-state index in [1.807, 2.05) is 6.07 Å². The van der Waals surface area contributed by atoms with Crippen molar-refractivity contribution in [2.24, 2.45) is 0 Å². The van der Waals surface area contributed by atoms with Crippen LogP contribution in [0.2, 0.25) is 0 Å². The van der Waals surface area contributed by atoms with Crippen LogP contribution >= 0.6 is 22.6 Å². The van der Waals surface area contributed by atoms with Gasteiger partial charge < -0.3 is 0 Å². The number of hydrogen-bond donors (Lipinski definition) is 0. The minimum Gasteiger partial charge on any atom is -0.263 e. The fourth-order valence-electron chi connectivity index (χ4n) is 1.28. The van der Waals surface area contributed by atoms with Gasteiger partial charge in [0.15, 0.2) is 0 Å². The van der Waals surface area contributed by atoms with E-state index in [0.717, 1.165) is 8.96 Å². The van der Waals surface area contributed by atoms with E-state index in [1.54, 1.807) is 25.4 Å². The molecule has 0 bridgehead atoms. The van der Waals surface area contributed by atoms with Crippen LogP contribution in [0, 0.1) is 16.3 Å². The number of aryl methyl sites for hydroxylation is 1. The highest BCUT2D eigenvalue weighted by Crippen LogP contribution is 2.23. The lowest BCUT2D eigenvalue weighted by molar-refractivity contribution is 0.630. The summed E-state index contributed by atoms with van der Waals surface area (Å²) in [6, 6.07) is 3.72. The first-order chi connectivity index (χ1) is 6.20. The Morgan fingerprint density at radius 1 is 1.23 bits per heavy atom. The Morgan fingerprint density at radius 3 is 2.77 bits per heavy atom. The van der Waals surface area contributed by atoms with E-state index >= 15 is 0 Å². The van der Waals surface area contributed by atoms with Gasteiger partial charge in [-0.1, -0.05) is 12.1 Å². The Kier molecular flexibility index (Phi) is 2.19. The first kappa shape index (κ1) is 8.87. The van der Waals surface area contributed by atoms with Gasteiger partial charge in [0.05, 0.1) is 0 Å². The summed E-state index contributed by atoms with van der Waals surface area (Å²) in [7, 11) is 0. The summed E-state index contributed by atoms with van der Waals surface area (Å²) in [5.41, 5.74) is 0.663. The molecule has 0 fully saturated rings. The van der Waals surface area contributed by atoms with Crippen LogP contribution in [0.25, 0.3) is 10.8 Å². The van der Waals surface area contributed by atoms with Gasteiger partial charge in [-0.05, 0) is 35.1 Å². The summed E-state index contributed by atoms with van der Waals surface area (Å²) in [5.74, 6) is -0.163. The van der Waals surface area contributed by atoms with E-state index in [2.05, 4.69) is 27.6 Å². The van der Waals surface area contributed by atoms with Crippen LogP contribution in [0.15, 0.2) is 24.5 Å². The lowest BCUT2D eigenvalue weighted by atomic mass is 10.1. The summed E-state index contributed by atoms with van der Waals surface area (Å²) in [6.07, 6.45) is 3.30. The van der Waals surface area contributed by atoms with Crippen LogP contribution in [-0.4, -0.2) is 4.98 Å². The number of fused-ring (bicyclic) bond motifs is 1. The van der Waals surface area contributed by atoms with E-state index < -0.39 is 0 Å². The second kappa shape index (κ2) is 3.21. The maximum Gasteiger partial charge on any atom is 0.135 e. The molecule has 3 heteroatoms. The van der Waals surface area contributed by atoms with E-state index in [0.29, 0.717) is 10.9 Å². The molecule has 2 aromatic rings. The quantitative estimate of drug-likeness (QED) is 0.678. The van der Waals surface area contributed by atoms with Crippen LogP contribution in [0.5, 0.6) is 0 Å². The molecule has 0 saturated carbocycles. The predicted octanol–water partition coefficient (Wildman–Crippen LogP) is 3.29. The minimum atomic E-state index is -0.163. The van der Waals surface area contributed by atoms with Gasteiger partial charge in [-0.15, -0.1) is 0 Å². The molecule has 0 saturated heterocycles. The Bertz CT molecular complexity index is 468. The van der Waals surface area contributed by atoms with Gasteiger partial charge in [-0.3, -0.25) is 4.98 Å². The molecule has 66 valence electrons. The Balaban J connectivity index is 2.94. The van der Waals surface area contributed by atoms with Crippen molar-refractivity contribution in [3.05, 3.63) is 39.5 Å². The maximum atomic E-state index is 13.5. The zero-order chi connectivity index (χ0) is 9.42. The molecule has 0 N–H and O–H groups in total. The molecule has 1 heterocycles. The van der Waals surface area contributed by atoms with Crippen molar-refractivity contribution in [2.45, 2.75) is 6.92 Å². The van der Waals surface area contributed by atoms with E-state index in [1.165, 1.54) is 0 Å². The third-order valence-corrected chi connectivity index (χ3v) is 2.88. The highest BCUT2D eigenvalue weighted by atomic mass is 127. The Hall–Kier alpha value is -0.710. The molecular weight excluding hydrogens is 280 g/mol. The van der Waals surface area contributed by atoms with Gasteiger partial charge in [0.1, 0.15) is 5.82 Å². The molecule has 2 rings (SSSR count). The fourth-order valence-corrected chi connectivity index (χ4v) is 1.91. The van der Waals surface area contributed by atoms with E-state index in [-0.39, 0.29) is 5.82 Å². The van der Waals surface area contributed by atoms with E-state index in [9.17, 15) is 4.39 Å². The number of halogens is 2. The first-order valence-corrected chi connectivity index (χ1v) is 4.96. The summed E-state index contributed by atoms with van der Waals surface area (Å²) in [6.45, 7) is 1.76. The number of pyridine rings is 1. The van der Waals surface area contributed by atoms with Crippen LogP contribution in [-0.2, 0) is 0 Å². The summed E-state index contributed by atoms with van der Waals surface area (Å²) >= 11 is 2.16. The highest BCUT2D eigenvalue weighted by molar-refractivity contribution is 14.1. The normalized spacial score (nSPS) is 10.7.